The minimum atomic E-state index is -4.48. The Balaban J connectivity index is 1.56. The number of nitrogens with two attached hydrogens (primary N) is 1. The van der Waals surface area contributed by atoms with Crippen LogP contribution in [-0.2, 0) is 12.6 Å². The van der Waals surface area contributed by atoms with Crippen molar-refractivity contribution in [3.8, 4) is 28.4 Å². The Morgan fingerprint density at radius 1 is 1.00 bits per heavy atom. The van der Waals surface area contributed by atoms with Gasteiger partial charge in [0.15, 0.2) is 17.3 Å². The molecular formula is C27H25ClF3N5O3. The van der Waals surface area contributed by atoms with E-state index >= 15 is 0 Å². The predicted molar refractivity (Wildman–Crippen MR) is 144 cm³/mol. The average Bonchev–Trinajstić information content (AvgIpc) is 3.24. The van der Waals surface area contributed by atoms with Crippen molar-refractivity contribution in [3.05, 3.63) is 82.9 Å². The highest BCUT2D eigenvalue weighted by Gasteiger charge is 2.30. The Kier molecular flexibility index (Phi) is 8.20. The van der Waals surface area contributed by atoms with Gasteiger partial charge in [0.25, 0.3) is 0 Å². The molecule has 0 bridgehead atoms. The van der Waals surface area contributed by atoms with E-state index in [4.69, 9.17) is 26.8 Å². The molecular weight excluding hydrogens is 535 g/mol. The van der Waals surface area contributed by atoms with Gasteiger partial charge in [-0.15, -0.1) is 0 Å². The third-order valence-corrected chi connectivity index (χ3v) is 6.12. The number of aromatic nitrogens is 2. The first kappa shape index (κ1) is 27.6. The van der Waals surface area contributed by atoms with Gasteiger partial charge < -0.3 is 25.8 Å². The number of alkyl halides is 3. The van der Waals surface area contributed by atoms with Crippen LogP contribution in [0.4, 0.5) is 29.5 Å². The van der Waals surface area contributed by atoms with Gasteiger partial charge in [-0.3, -0.25) is 0 Å². The number of methoxy groups -OCH3 is 2. The molecule has 0 saturated carbocycles. The molecule has 4 aromatic rings. The van der Waals surface area contributed by atoms with Gasteiger partial charge in [-0.2, -0.15) is 18.3 Å². The van der Waals surface area contributed by atoms with Crippen molar-refractivity contribution < 1.29 is 27.4 Å². The van der Waals surface area contributed by atoms with E-state index < -0.39 is 17.8 Å². The zero-order valence-corrected chi connectivity index (χ0v) is 21.7. The maximum absolute atomic E-state index is 13.0. The second-order valence-electron chi connectivity index (χ2n) is 8.39. The molecule has 0 aliphatic carbocycles. The molecule has 0 unspecified atom stereocenters. The van der Waals surface area contributed by atoms with E-state index in [-0.39, 0.29) is 17.2 Å². The number of hydrogen-bond acceptors (Lipinski definition) is 5. The van der Waals surface area contributed by atoms with Crippen LogP contribution in [-0.4, -0.2) is 36.6 Å². The van der Waals surface area contributed by atoms with Gasteiger partial charge in [-0.25, -0.2) is 9.48 Å². The number of ether oxygens (including phenoxy) is 2. The molecule has 3 aromatic carbocycles. The summed E-state index contributed by atoms with van der Waals surface area (Å²) in [5.74, 6) is 1.22. The number of nitrogens with one attached hydrogen (secondary N) is 2. The van der Waals surface area contributed by atoms with Crippen molar-refractivity contribution in [1.82, 2.24) is 15.1 Å². The number of nitrogens with zero attached hydrogens (tertiary/aromatic N) is 2. The lowest BCUT2D eigenvalue weighted by Crippen LogP contribution is -2.30. The molecule has 39 heavy (non-hydrogen) atoms. The van der Waals surface area contributed by atoms with Crippen LogP contribution >= 0.6 is 11.6 Å². The third kappa shape index (κ3) is 6.37. The quantitative estimate of drug-likeness (QED) is 0.239. The topological polar surface area (TPSA) is 103 Å². The van der Waals surface area contributed by atoms with Gasteiger partial charge in [0.1, 0.15) is 11.4 Å². The number of carbonyl (C=O) groups excluding carboxylic acids is 1. The molecule has 0 aliphatic heterocycles. The Morgan fingerprint density at radius 2 is 1.67 bits per heavy atom. The number of hydrogen-bond donors (Lipinski definition) is 3. The standard InChI is InChI=1S/C27H25ClF3N5O3/c1-38-21-12-3-16(15-22(21)39-2)13-14-33-26(37)34-24-23(17-4-8-19(28)9-5-17)35-36(25(24)32)20-10-6-18(7-11-20)27(29,30)31/h3-12,15H,13-14,32H2,1-2H3,(H2,33,34,37). The van der Waals surface area contributed by atoms with Crippen molar-refractivity contribution in [2.75, 3.05) is 31.8 Å². The smallest absolute Gasteiger partial charge is 0.416 e. The Bertz CT molecular complexity index is 1460. The number of rotatable bonds is 8. The van der Waals surface area contributed by atoms with E-state index in [0.29, 0.717) is 40.7 Å². The minimum absolute atomic E-state index is 0.0368. The summed E-state index contributed by atoms with van der Waals surface area (Å²) < 4.78 is 50.9. The summed E-state index contributed by atoms with van der Waals surface area (Å²) in [5, 5.41) is 10.5. The van der Waals surface area contributed by atoms with Gasteiger partial charge in [0.2, 0.25) is 0 Å². The van der Waals surface area contributed by atoms with Crippen molar-refractivity contribution in [1.29, 1.82) is 0 Å². The van der Waals surface area contributed by atoms with Crippen molar-refractivity contribution in [2.45, 2.75) is 12.6 Å². The zero-order valence-electron chi connectivity index (χ0n) is 21.0. The number of amides is 2. The van der Waals surface area contributed by atoms with Gasteiger partial charge in [0, 0.05) is 17.1 Å². The number of halogens is 4. The number of nitrogen functional groups attached to an aromatic ring is 1. The summed E-state index contributed by atoms with van der Waals surface area (Å²) in [6.07, 6.45) is -3.97. The first-order valence-electron chi connectivity index (χ1n) is 11.7. The Hall–Kier alpha value is -4.38. The summed E-state index contributed by atoms with van der Waals surface area (Å²) in [7, 11) is 3.09. The highest BCUT2D eigenvalue weighted by molar-refractivity contribution is 6.30. The van der Waals surface area contributed by atoms with Crippen LogP contribution in [0, 0.1) is 0 Å². The summed E-state index contributed by atoms with van der Waals surface area (Å²) in [5.41, 5.74) is 7.85. The molecule has 0 atom stereocenters. The lowest BCUT2D eigenvalue weighted by molar-refractivity contribution is -0.137. The molecule has 0 radical (unpaired) electrons. The van der Waals surface area contributed by atoms with E-state index in [1.807, 2.05) is 12.1 Å². The SMILES string of the molecule is COc1ccc(CCNC(=O)Nc2c(-c3ccc(Cl)cc3)nn(-c3ccc(C(F)(F)F)cc3)c2N)cc1OC. The van der Waals surface area contributed by atoms with Gasteiger partial charge in [-0.05, 0) is 60.5 Å². The number of anilines is 2. The van der Waals surface area contributed by atoms with Crippen LogP contribution in [0.3, 0.4) is 0 Å². The van der Waals surface area contributed by atoms with E-state index in [1.165, 1.54) is 16.8 Å². The fourth-order valence-electron chi connectivity index (χ4n) is 3.87. The maximum atomic E-state index is 13.0. The molecule has 0 aliphatic rings. The number of carbonyl (C=O) groups is 1. The lowest BCUT2D eigenvalue weighted by atomic mass is 10.1. The molecule has 4 rings (SSSR count). The monoisotopic (exact) mass is 559 g/mol. The number of urea groups is 1. The molecule has 2 amide bonds. The van der Waals surface area contributed by atoms with Crippen molar-refractivity contribution in [2.24, 2.45) is 0 Å². The third-order valence-electron chi connectivity index (χ3n) is 5.86. The van der Waals surface area contributed by atoms with Crippen LogP contribution in [0.2, 0.25) is 5.02 Å². The summed E-state index contributed by atoms with van der Waals surface area (Å²) >= 11 is 6.01. The second kappa shape index (κ2) is 11.6. The first-order chi connectivity index (χ1) is 18.6. The second-order valence-corrected chi connectivity index (χ2v) is 8.83. The Morgan fingerprint density at radius 3 is 2.28 bits per heavy atom. The minimum Gasteiger partial charge on any atom is -0.493 e. The fourth-order valence-corrected chi connectivity index (χ4v) is 3.99. The molecule has 1 aromatic heterocycles. The highest BCUT2D eigenvalue weighted by Crippen LogP contribution is 2.36. The summed E-state index contributed by atoms with van der Waals surface area (Å²) in [6.45, 7) is 0.296. The van der Waals surface area contributed by atoms with E-state index in [0.717, 1.165) is 17.7 Å². The van der Waals surface area contributed by atoms with Gasteiger partial charge >= 0.3 is 12.2 Å². The van der Waals surface area contributed by atoms with Crippen LogP contribution in [0.1, 0.15) is 11.1 Å². The largest absolute Gasteiger partial charge is 0.493 e. The van der Waals surface area contributed by atoms with E-state index in [1.54, 1.807) is 44.6 Å². The van der Waals surface area contributed by atoms with Crippen molar-refractivity contribution >= 4 is 29.1 Å². The summed E-state index contributed by atoms with van der Waals surface area (Å²) in [6, 6.07) is 16.0. The van der Waals surface area contributed by atoms with E-state index in [9.17, 15) is 18.0 Å². The van der Waals surface area contributed by atoms with Gasteiger partial charge in [-0.1, -0.05) is 29.8 Å². The zero-order chi connectivity index (χ0) is 28.2. The van der Waals surface area contributed by atoms with Crippen LogP contribution in [0.5, 0.6) is 11.5 Å². The van der Waals surface area contributed by atoms with Crippen LogP contribution in [0.25, 0.3) is 16.9 Å². The summed E-state index contributed by atoms with van der Waals surface area (Å²) in [4.78, 5) is 12.8. The fraction of sp³-hybridized carbons (Fsp3) is 0.185. The molecule has 0 spiro atoms. The van der Waals surface area contributed by atoms with Crippen LogP contribution < -0.4 is 25.8 Å². The average molecular weight is 560 g/mol. The molecule has 12 heteroatoms. The highest BCUT2D eigenvalue weighted by atomic mass is 35.5. The van der Waals surface area contributed by atoms with E-state index in [2.05, 4.69) is 15.7 Å². The number of benzene rings is 3. The molecule has 0 saturated heterocycles. The Labute approximate surface area is 227 Å². The maximum Gasteiger partial charge on any atom is 0.416 e. The normalized spacial score (nSPS) is 11.2. The molecule has 4 N–H and O–H groups in total. The molecule has 1 heterocycles. The molecule has 204 valence electrons. The lowest BCUT2D eigenvalue weighted by Gasteiger charge is -2.11. The van der Waals surface area contributed by atoms with Gasteiger partial charge in [0.05, 0.1) is 25.5 Å². The molecule has 0 fully saturated rings. The van der Waals surface area contributed by atoms with Crippen molar-refractivity contribution in [3.63, 3.8) is 0 Å². The predicted octanol–water partition coefficient (Wildman–Crippen LogP) is 6.18. The first-order valence-corrected chi connectivity index (χ1v) is 12.1. The van der Waals surface area contributed by atoms with Crippen LogP contribution in [0.15, 0.2) is 66.7 Å². The molecule has 8 nitrogen and oxygen atoms in total.